The second kappa shape index (κ2) is 3.20. The maximum Gasteiger partial charge on any atom is 0.325 e. The first-order valence-corrected chi connectivity index (χ1v) is 4.54. The average Bonchev–Trinajstić information content (AvgIpc) is 2.53. The number of imidazole rings is 1. The Hall–Kier alpha value is -1.32. The number of carbonyl (C=O) groups is 1. The van der Waals surface area contributed by atoms with Crippen molar-refractivity contribution in [1.82, 2.24) is 9.55 Å². The third-order valence-electron chi connectivity index (χ3n) is 2.58. The van der Waals surface area contributed by atoms with Crippen molar-refractivity contribution in [2.45, 2.75) is 31.7 Å². The summed E-state index contributed by atoms with van der Waals surface area (Å²) in [7, 11) is 0. The molecule has 0 saturated heterocycles. The maximum atomic E-state index is 11.2. The van der Waals surface area contributed by atoms with Gasteiger partial charge in [-0.3, -0.25) is 9.36 Å². The minimum atomic E-state index is -0.0700. The Kier molecular flexibility index (Phi) is 2.04. The first kappa shape index (κ1) is 8.29. The van der Waals surface area contributed by atoms with Crippen molar-refractivity contribution < 1.29 is 4.79 Å². The highest BCUT2D eigenvalue weighted by molar-refractivity contribution is 5.79. The second-order valence-corrected chi connectivity index (χ2v) is 3.44. The Morgan fingerprint density at radius 1 is 1.31 bits per heavy atom. The predicted molar refractivity (Wildman–Crippen MR) is 47.6 cm³/mol. The molecule has 0 amide bonds. The zero-order valence-electron chi connectivity index (χ0n) is 7.32. The van der Waals surface area contributed by atoms with Crippen LogP contribution in [-0.4, -0.2) is 15.3 Å². The van der Waals surface area contributed by atoms with Crippen LogP contribution >= 0.6 is 0 Å². The first-order chi connectivity index (χ1) is 6.27. The van der Waals surface area contributed by atoms with E-state index in [1.54, 1.807) is 17.0 Å². The number of H-pyrrole nitrogens is 1. The van der Waals surface area contributed by atoms with E-state index in [4.69, 9.17) is 0 Å². The average molecular weight is 180 g/mol. The van der Waals surface area contributed by atoms with Crippen molar-refractivity contribution in [3.05, 3.63) is 22.9 Å². The fourth-order valence-corrected chi connectivity index (χ4v) is 1.82. The number of hydrogen-bond donors (Lipinski definition) is 1. The van der Waals surface area contributed by atoms with E-state index >= 15 is 0 Å². The van der Waals surface area contributed by atoms with Gasteiger partial charge in [0.1, 0.15) is 5.78 Å². The maximum absolute atomic E-state index is 11.2. The van der Waals surface area contributed by atoms with Crippen molar-refractivity contribution >= 4 is 5.78 Å². The van der Waals surface area contributed by atoms with Gasteiger partial charge in [-0.2, -0.15) is 0 Å². The van der Waals surface area contributed by atoms with E-state index in [9.17, 15) is 9.59 Å². The lowest BCUT2D eigenvalue weighted by Gasteiger charge is -2.21. The molecule has 0 spiro atoms. The van der Waals surface area contributed by atoms with Gasteiger partial charge in [-0.15, -0.1) is 0 Å². The Labute approximate surface area is 75.6 Å². The SMILES string of the molecule is O=C1CCC(n2cc[nH]c2=O)CC1. The van der Waals surface area contributed by atoms with Crippen LogP contribution in [0.4, 0.5) is 0 Å². The standard InChI is InChI=1S/C9H12N2O2/c12-8-3-1-7(2-4-8)11-6-5-10-9(11)13/h5-7H,1-4H2,(H,10,13). The van der Waals surface area contributed by atoms with Gasteiger partial charge in [0.05, 0.1) is 0 Å². The topological polar surface area (TPSA) is 54.9 Å². The molecule has 0 aliphatic heterocycles. The lowest BCUT2D eigenvalue weighted by atomic mass is 9.94. The molecule has 1 saturated carbocycles. The number of carbonyl (C=O) groups excluding carboxylic acids is 1. The van der Waals surface area contributed by atoms with E-state index in [2.05, 4.69) is 4.98 Å². The normalized spacial score (nSPS) is 19.2. The number of ketones is 1. The van der Waals surface area contributed by atoms with Gasteiger partial charge >= 0.3 is 5.69 Å². The molecule has 1 fully saturated rings. The Balaban J connectivity index is 2.15. The molecule has 0 atom stereocenters. The molecule has 1 aliphatic carbocycles. The van der Waals surface area contributed by atoms with Crippen LogP contribution in [0.15, 0.2) is 17.2 Å². The van der Waals surface area contributed by atoms with Crippen molar-refractivity contribution in [3.8, 4) is 0 Å². The molecule has 0 radical (unpaired) electrons. The molecule has 0 aromatic carbocycles. The van der Waals surface area contributed by atoms with Gasteiger partial charge in [0.25, 0.3) is 0 Å². The van der Waals surface area contributed by atoms with Crippen molar-refractivity contribution in [2.75, 3.05) is 0 Å². The van der Waals surface area contributed by atoms with E-state index in [0.717, 1.165) is 12.8 Å². The fraction of sp³-hybridized carbons (Fsp3) is 0.556. The van der Waals surface area contributed by atoms with Crippen LogP contribution in [0, 0.1) is 0 Å². The molecular formula is C9H12N2O2. The molecule has 1 N–H and O–H groups in total. The van der Waals surface area contributed by atoms with E-state index in [0.29, 0.717) is 18.6 Å². The fourth-order valence-electron chi connectivity index (χ4n) is 1.82. The third kappa shape index (κ3) is 1.56. The lowest BCUT2D eigenvalue weighted by molar-refractivity contribution is -0.120. The van der Waals surface area contributed by atoms with Crippen LogP contribution in [0.3, 0.4) is 0 Å². The Bertz CT molecular complexity index is 354. The number of nitrogens with one attached hydrogen (secondary N) is 1. The number of aromatic nitrogens is 2. The highest BCUT2D eigenvalue weighted by Crippen LogP contribution is 2.24. The summed E-state index contributed by atoms with van der Waals surface area (Å²) in [5, 5.41) is 0. The van der Waals surface area contributed by atoms with Crippen molar-refractivity contribution in [2.24, 2.45) is 0 Å². The molecule has 2 rings (SSSR count). The summed E-state index contributed by atoms with van der Waals surface area (Å²) >= 11 is 0. The molecule has 4 heteroatoms. The highest BCUT2D eigenvalue weighted by Gasteiger charge is 2.20. The lowest BCUT2D eigenvalue weighted by Crippen LogP contribution is -2.25. The second-order valence-electron chi connectivity index (χ2n) is 3.44. The summed E-state index contributed by atoms with van der Waals surface area (Å²) in [5.41, 5.74) is -0.0700. The molecule has 13 heavy (non-hydrogen) atoms. The summed E-state index contributed by atoms with van der Waals surface area (Å²) in [4.78, 5) is 24.8. The van der Waals surface area contributed by atoms with E-state index in [-0.39, 0.29) is 11.7 Å². The van der Waals surface area contributed by atoms with Gasteiger partial charge < -0.3 is 4.98 Å². The van der Waals surface area contributed by atoms with Gasteiger partial charge in [-0.1, -0.05) is 0 Å². The zero-order valence-corrected chi connectivity index (χ0v) is 7.32. The quantitative estimate of drug-likeness (QED) is 0.696. The Morgan fingerprint density at radius 2 is 2.00 bits per heavy atom. The highest BCUT2D eigenvalue weighted by atomic mass is 16.1. The van der Waals surface area contributed by atoms with E-state index in [1.165, 1.54) is 0 Å². The van der Waals surface area contributed by atoms with Gasteiger partial charge in [0, 0.05) is 31.3 Å². The molecule has 0 unspecified atom stereocenters. The van der Waals surface area contributed by atoms with Crippen LogP contribution in [0.5, 0.6) is 0 Å². The molecule has 1 aromatic heterocycles. The van der Waals surface area contributed by atoms with Crippen molar-refractivity contribution in [1.29, 1.82) is 0 Å². The van der Waals surface area contributed by atoms with Gasteiger partial charge in [-0.05, 0) is 12.8 Å². The van der Waals surface area contributed by atoms with Gasteiger partial charge in [-0.25, -0.2) is 4.79 Å². The smallest absolute Gasteiger partial charge is 0.313 e. The molecule has 1 aromatic rings. The van der Waals surface area contributed by atoms with Gasteiger partial charge in [0.2, 0.25) is 0 Å². The van der Waals surface area contributed by atoms with E-state index < -0.39 is 0 Å². The molecule has 4 nitrogen and oxygen atoms in total. The van der Waals surface area contributed by atoms with Crippen LogP contribution in [-0.2, 0) is 4.79 Å². The summed E-state index contributed by atoms with van der Waals surface area (Å²) in [6.45, 7) is 0. The first-order valence-electron chi connectivity index (χ1n) is 4.54. The summed E-state index contributed by atoms with van der Waals surface area (Å²) in [6, 6.07) is 0.219. The van der Waals surface area contributed by atoms with Crippen LogP contribution in [0.1, 0.15) is 31.7 Å². The van der Waals surface area contributed by atoms with E-state index in [1.807, 2.05) is 0 Å². The van der Waals surface area contributed by atoms with Crippen molar-refractivity contribution in [3.63, 3.8) is 0 Å². The minimum absolute atomic E-state index is 0.0700. The molecule has 1 heterocycles. The molecular weight excluding hydrogens is 168 g/mol. The molecule has 70 valence electrons. The molecule has 0 bridgehead atoms. The molecule has 1 aliphatic rings. The number of nitrogens with zero attached hydrogens (tertiary/aromatic N) is 1. The summed E-state index contributed by atoms with van der Waals surface area (Å²) in [5.74, 6) is 0.319. The monoisotopic (exact) mass is 180 g/mol. The number of hydrogen-bond acceptors (Lipinski definition) is 2. The van der Waals surface area contributed by atoms with Crippen LogP contribution in [0.2, 0.25) is 0 Å². The number of Topliss-reactive ketones (excluding diaryl/α,β-unsaturated/α-hetero) is 1. The summed E-state index contributed by atoms with van der Waals surface area (Å²) < 4.78 is 1.69. The third-order valence-corrected chi connectivity index (χ3v) is 2.58. The largest absolute Gasteiger partial charge is 0.325 e. The number of rotatable bonds is 1. The Morgan fingerprint density at radius 3 is 2.54 bits per heavy atom. The summed E-state index contributed by atoms with van der Waals surface area (Å²) in [6.07, 6.45) is 6.22. The van der Waals surface area contributed by atoms with Crippen LogP contribution in [0.25, 0.3) is 0 Å². The van der Waals surface area contributed by atoms with Crippen LogP contribution < -0.4 is 5.69 Å². The minimum Gasteiger partial charge on any atom is -0.313 e. The number of aromatic amines is 1. The zero-order chi connectivity index (χ0) is 9.26. The van der Waals surface area contributed by atoms with Gasteiger partial charge in [0.15, 0.2) is 0 Å². The predicted octanol–water partition coefficient (Wildman–Crippen LogP) is 0.861.